The van der Waals surface area contributed by atoms with E-state index in [0.717, 1.165) is 11.0 Å². The third kappa shape index (κ3) is 4.73. The summed E-state index contributed by atoms with van der Waals surface area (Å²) in [5.74, 6) is -1.66. The Morgan fingerprint density at radius 1 is 0.974 bits per heavy atom. The van der Waals surface area contributed by atoms with Gasteiger partial charge in [-0.2, -0.15) is 18.4 Å². The van der Waals surface area contributed by atoms with Crippen LogP contribution in [-0.2, 0) is 14.6 Å². The molecule has 2 saturated carbocycles. The maximum atomic E-state index is 13.7. The lowest BCUT2D eigenvalue weighted by Crippen LogP contribution is -2.49. The molecule has 1 amide bonds. The Hall–Kier alpha value is -3.27. The molecule has 39 heavy (non-hydrogen) atoms. The number of ether oxygens (including phenoxy) is 1. The first-order chi connectivity index (χ1) is 18.1. The van der Waals surface area contributed by atoms with Crippen LogP contribution < -0.4 is 4.74 Å². The Morgan fingerprint density at radius 2 is 1.59 bits per heavy atom. The van der Waals surface area contributed by atoms with E-state index < -0.39 is 62.7 Å². The van der Waals surface area contributed by atoms with Crippen LogP contribution in [0.5, 0.6) is 5.75 Å². The highest BCUT2D eigenvalue weighted by Gasteiger charge is 2.71. The molecule has 0 spiro atoms. The second-order valence-electron chi connectivity index (χ2n) is 10.3. The van der Waals surface area contributed by atoms with Gasteiger partial charge in [-0.25, -0.2) is 8.42 Å². The molecule has 2 aromatic rings. The summed E-state index contributed by atoms with van der Waals surface area (Å²) < 4.78 is 111. The van der Waals surface area contributed by atoms with Crippen LogP contribution in [0.4, 0.5) is 26.3 Å². The van der Waals surface area contributed by atoms with Crippen molar-refractivity contribution >= 4 is 15.7 Å². The van der Waals surface area contributed by atoms with Gasteiger partial charge < -0.3 is 9.64 Å². The van der Waals surface area contributed by atoms with E-state index in [2.05, 4.69) is 10.8 Å². The number of amides is 1. The van der Waals surface area contributed by atoms with Gasteiger partial charge in [0, 0.05) is 12.1 Å². The first kappa shape index (κ1) is 27.3. The summed E-state index contributed by atoms with van der Waals surface area (Å²) in [4.78, 5) is 13.9. The maximum Gasteiger partial charge on any atom is 0.573 e. The van der Waals surface area contributed by atoms with Crippen molar-refractivity contribution in [2.45, 2.75) is 60.8 Å². The quantitative estimate of drug-likeness (QED) is 0.418. The molecule has 1 heterocycles. The third-order valence-electron chi connectivity index (χ3n) is 7.92. The van der Waals surface area contributed by atoms with Crippen molar-refractivity contribution in [3.63, 3.8) is 0 Å². The molecule has 3 aliphatic rings. The summed E-state index contributed by atoms with van der Waals surface area (Å²) in [5, 5.41) is 8.45. The molecule has 1 saturated heterocycles. The molecule has 6 nitrogen and oxygen atoms in total. The molecule has 0 N–H and O–H groups in total. The van der Waals surface area contributed by atoms with Crippen LogP contribution in [0.15, 0.2) is 53.4 Å². The molecule has 2 aliphatic carbocycles. The molecule has 5 rings (SSSR count). The first-order valence-corrected chi connectivity index (χ1v) is 13.7. The fourth-order valence-corrected chi connectivity index (χ4v) is 7.07. The summed E-state index contributed by atoms with van der Waals surface area (Å²) in [7, 11) is -4.17. The van der Waals surface area contributed by atoms with E-state index in [1.54, 1.807) is 0 Å². The third-order valence-corrected chi connectivity index (χ3v) is 10.1. The number of sulfone groups is 1. The van der Waals surface area contributed by atoms with Gasteiger partial charge in [0.05, 0.1) is 27.7 Å². The van der Waals surface area contributed by atoms with Crippen LogP contribution in [-0.4, -0.2) is 49.6 Å². The van der Waals surface area contributed by atoms with Crippen molar-refractivity contribution in [1.82, 2.24) is 4.90 Å². The molecule has 0 aromatic heterocycles. The molecule has 1 aliphatic heterocycles. The molecular formula is C26H22F6N2O4S. The Morgan fingerprint density at radius 3 is 2.10 bits per heavy atom. The van der Waals surface area contributed by atoms with Gasteiger partial charge in [0.25, 0.3) is 0 Å². The van der Waals surface area contributed by atoms with E-state index in [-0.39, 0.29) is 35.3 Å². The standard InChI is InChI=1S/C26H22F6N2O4S/c27-25(28,29)24(11-12-24)22(35)34-14-18(13-21(34)23(15-33)9-10-23)39(36,37)17-7-5-16(6-8-17)19-3-1-2-4-20(19)38-26(30,31)32/h1-8,18,21H,9-14H2. The summed E-state index contributed by atoms with van der Waals surface area (Å²) in [6.07, 6.45) is -9.94. The topological polar surface area (TPSA) is 87.5 Å². The van der Waals surface area contributed by atoms with Crippen LogP contribution in [0, 0.1) is 22.2 Å². The summed E-state index contributed by atoms with van der Waals surface area (Å²) in [5.41, 5.74) is -3.29. The largest absolute Gasteiger partial charge is 0.573 e. The summed E-state index contributed by atoms with van der Waals surface area (Å²) in [6.45, 7) is -0.475. The SMILES string of the molecule is N#CC1(C2CC(S(=O)(=O)c3ccc(-c4ccccc4OC(F)(F)F)cc3)CN2C(=O)C2(C(F)(F)F)CC2)CC1. The number of hydrogen-bond donors (Lipinski definition) is 0. The van der Waals surface area contributed by atoms with E-state index in [4.69, 9.17) is 0 Å². The van der Waals surface area contributed by atoms with Gasteiger partial charge in [-0.05, 0) is 55.9 Å². The van der Waals surface area contributed by atoms with Gasteiger partial charge in [-0.1, -0.05) is 30.3 Å². The molecule has 2 atom stereocenters. The zero-order valence-electron chi connectivity index (χ0n) is 20.2. The number of halogens is 6. The van der Waals surface area contributed by atoms with Gasteiger partial charge in [0.2, 0.25) is 5.91 Å². The minimum atomic E-state index is -4.94. The van der Waals surface area contributed by atoms with E-state index in [9.17, 15) is 44.8 Å². The van der Waals surface area contributed by atoms with E-state index >= 15 is 0 Å². The van der Waals surface area contributed by atoms with Crippen LogP contribution in [0.3, 0.4) is 0 Å². The highest BCUT2D eigenvalue weighted by atomic mass is 32.2. The van der Waals surface area contributed by atoms with Crippen LogP contribution >= 0.6 is 0 Å². The van der Waals surface area contributed by atoms with Crippen LogP contribution in [0.1, 0.15) is 32.1 Å². The van der Waals surface area contributed by atoms with Crippen molar-refractivity contribution in [3.8, 4) is 22.9 Å². The summed E-state index contributed by atoms with van der Waals surface area (Å²) in [6, 6.07) is 11.5. The number of carbonyl (C=O) groups excluding carboxylic acids is 1. The van der Waals surface area contributed by atoms with Gasteiger partial charge >= 0.3 is 12.5 Å². The summed E-state index contributed by atoms with van der Waals surface area (Å²) >= 11 is 0. The van der Waals surface area contributed by atoms with E-state index in [0.29, 0.717) is 12.8 Å². The normalized spacial score (nSPS) is 23.7. The number of rotatable bonds is 6. The van der Waals surface area contributed by atoms with Crippen LogP contribution in [0.2, 0.25) is 0 Å². The molecular weight excluding hydrogens is 550 g/mol. The lowest BCUT2D eigenvalue weighted by molar-refractivity contribution is -0.274. The number of benzene rings is 2. The van der Waals surface area contributed by atoms with Crippen LogP contribution in [0.25, 0.3) is 11.1 Å². The van der Waals surface area contributed by atoms with E-state index in [1.807, 2.05) is 0 Å². The zero-order valence-corrected chi connectivity index (χ0v) is 21.0. The lowest BCUT2D eigenvalue weighted by Gasteiger charge is -2.32. The maximum absolute atomic E-state index is 13.7. The second kappa shape index (κ2) is 8.87. The smallest absolute Gasteiger partial charge is 0.405 e. The Bertz CT molecular complexity index is 1440. The highest BCUT2D eigenvalue weighted by molar-refractivity contribution is 7.92. The molecule has 3 fully saturated rings. The Labute approximate surface area is 220 Å². The minimum Gasteiger partial charge on any atom is -0.405 e. The van der Waals surface area contributed by atoms with Crippen molar-refractivity contribution < 1.29 is 44.3 Å². The monoisotopic (exact) mass is 572 g/mol. The second-order valence-corrected chi connectivity index (χ2v) is 12.5. The van der Waals surface area contributed by atoms with Gasteiger partial charge in [0.15, 0.2) is 9.84 Å². The fourth-order valence-electron chi connectivity index (χ4n) is 5.38. The molecule has 13 heteroatoms. The number of likely N-dealkylation sites (tertiary alicyclic amines) is 1. The first-order valence-electron chi connectivity index (χ1n) is 12.1. The predicted molar refractivity (Wildman–Crippen MR) is 125 cm³/mol. The predicted octanol–water partition coefficient (Wildman–Crippen LogP) is 5.64. The zero-order chi connectivity index (χ0) is 28.4. The average molecular weight is 573 g/mol. The minimum absolute atomic E-state index is 0.0723. The number of hydrogen-bond acceptors (Lipinski definition) is 5. The number of nitrogens with zero attached hydrogens (tertiary/aromatic N) is 2. The van der Waals surface area contributed by atoms with Crippen molar-refractivity contribution in [3.05, 3.63) is 48.5 Å². The molecule has 2 aromatic carbocycles. The number of alkyl halides is 6. The highest BCUT2D eigenvalue weighted by Crippen LogP contribution is 2.61. The molecule has 2 unspecified atom stereocenters. The fraction of sp³-hybridized carbons (Fsp3) is 0.462. The van der Waals surface area contributed by atoms with E-state index in [1.165, 1.54) is 42.5 Å². The number of carbonyl (C=O) groups is 1. The number of para-hydroxylation sites is 1. The lowest BCUT2D eigenvalue weighted by atomic mass is 9.94. The van der Waals surface area contributed by atoms with Crippen molar-refractivity contribution in [2.24, 2.45) is 10.8 Å². The van der Waals surface area contributed by atoms with Gasteiger partial charge in [-0.15, -0.1) is 13.2 Å². The Balaban J connectivity index is 1.42. The van der Waals surface area contributed by atoms with Gasteiger partial charge in [-0.3, -0.25) is 4.79 Å². The van der Waals surface area contributed by atoms with Crippen molar-refractivity contribution in [1.29, 1.82) is 5.26 Å². The molecule has 0 radical (unpaired) electrons. The molecule has 0 bridgehead atoms. The Kier molecular flexibility index (Phi) is 6.21. The van der Waals surface area contributed by atoms with Crippen molar-refractivity contribution in [2.75, 3.05) is 6.54 Å². The molecule has 208 valence electrons. The van der Waals surface area contributed by atoms with Gasteiger partial charge in [0.1, 0.15) is 11.2 Å². The number of nitriles is 1. The average Bonchev–Trinajstić information content (AvgIpc) is 3.79.